The molecule has 0 saturated carbocycles. The second-order valence-corrected chi connectivity index (χ2v) is 5.13. The van der Waals surface area contributed by atoms with E-state index in [1.165, 1.54) is 30.3 Å². The van der Waals surface area contributed by atoms with Crippen LogP contribution in [0, 0.1) is 0 Å². The van der Waals surface area contributed by atoms with Crippen LogP contribution in [0.2, 0.25) is 10.0 Å². The van der Waals surface area contributed by atoms with E-state index >= 15 is 0 Å². The van der Waals surface area contributed by atoms with Crippen molar-refractivity contribution in [2.24, 2.45) is 0 Å². The molecule has 112 valence electrons. The molecule has 0 atom stereocenters. The van der Waals surface area contributed by atoms with Crippen molar-refractivity contribution in [1.29, 1.82) is 0 Å². The Hall–Kier alpha value is -2.30. The van der Waals surface area contributed by atoms with E-state index in [2.05, 4.69) is 5.32 Å². The maximum atomic E-state index is 11.8. The van der Waals surface area contributed by atoms with Crippen LogP contribution in [-0.4, -0.2) is 17.0 Å². The molecule has 2 rings (SSSR count). The molecule has 0 radical (unpaired) electrons. The first-order valence-corrected chi connectivity index (χ1v) is 6.99. The number of benzene rings is 2. The average Bonchev–Trinajstić information content (AvgIpc) is 2.49. The third kappa shape index (κ3) is 4.10. The largest absolute Gasteiger partial charge is 0.478 e. The van der Waals surface area contributed by atoms with E-state index in [9.17, 15) is 9.59 Å². The zero-order chi connectivity index (χ0) is 16.1. The van der Waals surface area contributed by atoms with Gasteiger partial charge >= 0.3 is 5.97 Å². The molecule has 22 heavy (non-hydrogen) atoms. The summed E-state index contributed by atoms with van der Waals surface area (Å²) in [5.41, 5.74) is 1.28. The molecule has 0 aliphatic carbocycles. The first-order valence-electron chi connectivity index (χ1n) is 6.24. The van der Waals surface area contributed by atoms with E-state index in [-0.39, 0.29) is 11.5 Å². The molecular formula is C16H11Cl2NO3. The van der Waals surface area contributed by atoms with Crippen LogP contribution in [0.15, 0.2) is 48.5 Å². The summed E-state index contributed by atoms with van der Waals surface area (Å²) in [5, 5.41) is 12.2. The SMILES string of the molecule is O=C(/C=C/c1cccc(Cl)c1Cl)Nc1ccc(C(=O)O)cc1. The molecule has 4 nitrogen and oxygen atoms in total. The van der Waals surface area contributed by atoms with E-state index in [4.69, 9.17) is 28.3 Å². The van der Waals surface area contributed by atoms with Gasteiger partial charge in [-0.1, -0.05) is 35.3 Å². The summed E-state index contributed by atoms with van der Waals surface area (Å²) in [6.45, 7) is 0. The molecule has 2 aromatic rings. The number of rotatable bonds is 4. The number of anilines is 1. The fourth-order valence-corrected chi connectivity index (χ4v) is 2.07. The van der Waals surface area contributed by atoms with Crippen molar-refractivity contribution in [3.05, 3.63) is 69.7 Å². The van der Waals surface area contributed by atoms with Gasteiger partial charge in [-0.3, -0.25) is 4.79 Å². The van der Waals surface area contributed by atoms with E-state index in [0.29, 0.717) is 21.3 Å². The molecular weight excluding hydrogens is 325 g/mol. The van der Waals surface area contributed by atoms with E-state index in [0.717, 1.165) is 0 Å². The van der Waals surface area contributed by atoms with Gasteiger partial charge in [0.1, 0.15) is 0 Å². The maximum absolute atomic E-state index is 11.8. The van der Waals surface area contributed by atoms with Crippen molar-refractivity contribution >= 4 is 46.8 Å². The van der Waals surface area contributed by atoms with Gasteiger partial charge in [-0.25, -0.2) is 4.79 Å². The number of carbonyl (C=O) groups is 2. The van der Waals surface area contributed by atoms with Gasteiger partial charge in [0.05, 0.1) is 15.6 Å². The molecule has 2 aromatic carbocycles. The molecule has 0 aliphatic heterocycles. The molecule has 0 bridgehead atoms. The summed E-state index contributed by atoms with van der Waals surface area (Å²) in [4.78, 5) is 22.5. The number of halogens is 2. The van der Waals surface area contributed by atoms with Crippen molar-refractivity contribution in [2.45, 2.75) is 0 Å². The maximum Gasteiger partial charge on any atom is 0.335 e. The monoisotopic (exact) mass is 335 g/mol. The van der Waals surface area contributed by atoms with Gasteiger partial charge in [0.2, 0.25) is 5.91 Å². The predicted molar refractivity (Wildman–Crippen MR) is 87.5 cm³/mol. The second-order valence-electron chi connectivity index (χ2n) is 4.35. The molecule has 0 unspecified atom stereocenters. The van der Waals surface area contributed by atoms with Crippen LogP contribution in [0.3, 0.4) is 0 Å². The standard InChI is InChI=1S/C16H11Cl2NO3/c17-13-3-1-2-10(15(13)18)6-9-14(20)19-12-7-4-11(5-8-12)16(21)22/h1-9H,(H,19,20)(H,21,22)/b9-6+. The highest BCUT2D eigenvalue weighted by molar-refractivity contribution is 6.42. The minimum Gasteiger partial charge on any atom is -0.478 e. The number of carboxylic acids is 1. The number of hydrogen-bond donors (Lipinski definition) is 2. The fourth-order valence-electron chi connectivity index (χ4n) is 1.69. The van der Waals surface area contributed by atoms with Crippen LogP contribution in [-0.2, 0) is 4.79 Å². The quantitative estimate of drug-likeness (QED) is 0.816. The van der Waals surface area contributed by atoms with Crippen molar-refractivity contribution in [2.75, 3.05) is 5.32 Å². The Bertz CT molecular complexity index is 740. The van der Waals surface area contributed by atoms with Crippen LogP contribution in [0.25, 0.3) is 6.08 Å². The van der Waals surface area contributed by atoms with Gasteiger partial charge in [0.15, 0.2) is 0 Å². The van der Waals surface area contributed by atoms with Crippen LogP contribution >= 0.6 is 23.2 Å². The Kier molecular flexibility index (Phi) is 5.20. The number of nitrogens with one attached hydrogen (secondary N) is 1. The Morgan fingerprint density at radius 2 is 1.73 bits per heavy atom. The molecule has 6 heteroatoms. The van der Waals surface area contributed by atoms with Crippen molar-refractivity contribution < 1.29 is 14.7 Å². The number of hydrogen-bond acceptors (Lipinski definition) is 2. The summed E-state index contributed by atoms with van der Waals surface area (Å²) < 4.78 is 0. The summed E-state index contributed by atoms with van der Waals surface area (Å²) in [5.74, 6) is -1.38. The lowest BCUT2D eigenvalue weighted by Gasteiger charge is -2.03. The smallest absolute Gasteiger partial charge is 0.335 e. The Balaban J connectivity index is 2.05. The minimum atomic E-state index is -1.02. The zero-order valence-corrected chi connectivity index (χ0v) is 12.7. The molecule has 1 amide bonds. The summed E-state index contributed by atoms with van der Waals surface area (Å²) in [7, 11) is 0. The fraction of sp³-hybridized carbons (Fsp3) is 0. The zero-order valence-electron chi connectivity index (χ0n) is 11.2. The second kappa shape index (κ2) is 7.11. The molecule has 0 aromatic heterocycles. The third-order valence-electron chi connectivity index (χ3n) is 2.80. The third-order valence-corrected chi connectivity index (χ3v) is 3.63. The van der Waals surface area contributed by atoms with Gasteiger partial charge < -0.3 is 10.4 Å². The topological polar surface area (TPSA) is 66.4 Å². The summed E-state index contributed by atoms with van der Waals surface area (Å²) >= 11 is 11.9. The van der Waals surface area contributed by atoms with Gasteiger partial charge in [0.25, 0.3) is 0 Å². The van der Waals surface area contributed by atoms with Crippen molar-refractivity contribution in [3.63, 3.8) is 0 Å². The summed E-state index contributed by atoms with van der Waals surface area (Å²) in [6, 6.07) is 11.0. The normalized spacial score (nSPS) is 10.6. The van der Waals surface area contributed by atoms with Gasteiger partial charge in [-0.15, -0.1) is 0 Å². The molecule has 0 saturated heterocycles. The van der Waals surface area contributed by atoms with Crippen LogP contribution in [0.1, 0.15) is 15.9 Å². The highest BCUT2D eigenvalue weighted by Gasteiger charge is 2.04. The molecule has 2 N–H and O–H groups in total. The van der Waals surface area contributed by atoms with E-state index in [1.807, 2.05) is 0 Å². The van der Waals surface area contributed by atoms with Crippen molar-refractivity contribution in [1.82, 2.24) is 0 Å². The molecule has 0 fully saturated rings. The minimum absolute atomic E-state index is 0.152. The highest BCUT2D eigenvalue weighted by Crippen LogP contribution is 2.26. The number of amides is 1. The first-order chi connectivity index (χ1) is 10.5. The lowest BCUT2D eigenvalue weighted by Crippen LogP contribution is -2.08. The summed E-state index contributed by atoms with van der Waals surface area (Å²) in [6.07, 6.45) is 2.87. The van der Waals surface area contributed by atoms with E-state index in [1.54, 1.807) is 24.3 Å². The number of carboxylic acid groups (broad SMARTS) is 1. The first kappa shape index (κ1) is 16.1. The Labute approximate surface area is 137 Å². The Morgan fingerprint density at radius 3 is 2.36 bits per heavy atom. The van der Waals surface area contributed by atoms with E-state index < -0.39 is 5.97 Å². The average molecular weight is 336 g/mol. The molecule has 0 heterocycles. The Morgan fingerprint density at radius 1 is 1.05 bits per heavy atom. The van der Waals surface area contributed by atoms with Crippen LogP contribution < -0.4 is 5.32 Å². The van der Waals surface area contributed by atoms with Crippen molar-refractivity contribution in [3.8, 4) is 0 Å². The molecule has 0 spiro atoms. The highest BCUT2D eigenvalue weighted by atomic mass is 35.5. The number of aromatic carboxylic acids is 1. The van der Waals surface area contributed by atoms with Gasteiger partial charge in [-0.2, -0.15) is 0 Å². The predicted octanol–water partition coefficient (Wildman–Crippen LogP) is 4.34. The van der Waals surface area contributed by atoms with Crippen LogP contribution in [0.5, 0.6) is 0 Å². The van der Waals surface area contributed by atoms with Crippen LogP contribution in [0.4, 0.5) is 5.69 Å². The van der Waals surface area contributed by atoms with Gasteiger partial charge in [0, 0.05) is 11.8 Å². The molecule has 0 aliphatic rings. The lowest BCUT2D eigenvalue weighted by molar-refractivity contribution is -0.111. The van der Waals surface area contributed by atoms with Gasteiger partial charge in [-0.05, 0) is 42.0 Å². The lowest BCUT2D eigenvalue weighted by atomic mass is 10.2. The number of carbonyl (C=O) groups excluding carboxylic acids is 1.